The number of hydrogen-bond acceptors (Lipinski definition) is 4. The Hall–Kier alpha value is -3.15. The number of nitrogens with one attached hydrogen (secondary N) is 2. The molecule has 1 heterocycles. The van der Waals surface area contributed by atoms with Gasteiger partial charge in [-0.3, -0.25) is 9.59 Å². The normalized spacial score (nSPS) is 10.6. The van der Waals surface area contributed by atoms with Crippen LogP contribution in [0.15, 0.2) is 53.3 Å². The molecule has 0 saturated carbocycles. The molecule has 0 unspecified atom stereocenters. The van der Waals surface area contributed by atoms with Gasteiger partial charge in [-0.15, -0.1) is 0 Å². The lowest BCUT2D eigenvalue weighted by molar-refractivity contribution is 0.0950. The van der Waals surface area contributed by atoms with Crippen LogP contribution >= 0.6 is 0 Å². The fourth-order valence-corrected chi connectivity index (χ4v) is 2.50. The topological polar surface area (TPSA) is 78.1 Å². The number of hydrogen-bond donors (Lipinski definition) is 2. The first kappa shape index (κ1) is 15.7. The van der Waals surface area contributed by atoms with Gasteiger partial charge in [-0.05, 0) is 24.3 Å². The van der Waals surface area contributed by atoms with Crippen LogP contribution in [0.25, 0.3) is 10.8 Å². The molecular formula is C18H18N4O2. The van der Waals surface area contributed by atoms with E-state index in [1.54, 1.807) is 18.2 Å². The number of carbonyl (C=O) groups excluding carboxylic acids is 1. The van der Waals surface area contributed by atoms with Gasteiger partial charge >= 0.3 is 0 Å². The molecule has 0 radical (unpaired) electrons. The maximum absolute atomic E-state index is 12.4. The Morgan fingerprint density at radius 2 is 1.88 bits per heavy atom. The Balaban J connectivity index is 1.81. The van der Waals surface area contributed by atoms with Crippen LogP contribution < -0.4 is 15.8 Å². The van der Waals surface area contributed by atoms with Crippen LogP contribution in [0.5, 0.6) is 0 Å². The van der Waals surface area contributed by atoms with E-state index < -0.39 is 0 Å². The van der Waals surface area contributed by atoms with Crippen molar-refractivity contribution in [3.63, 3.8) is 0 Å². The Bertz CT molecular complexity index is 947. The third-order valence-corrected chi connectivity index (χ3v) is 3.82. The molecule has 2 N–H and O–H groups in total. The molecule has 2 aromatic carbocycles. The quantitative estimate of drug-likeness (QED) is 0.769. The number of H-pyrrole nitrogens is 1. The van der Waals surface area contributed by atoms with Crippen molar-refractivity contribution in [2.24, 2.45) is 0 Å². The highest BCUT2D eigenvalue weighted by molar-refractivity contribution is 5.95. The highest BCUT2D eigenvalue weighted by Gasteiger charge is 2.10. The first-order valence-corrected chi connectivity index (χ1v) is 7.58. The minimum atomic E-state index is -0.237. The summed E-state index contributed by atoms with van der Waals surface area (Å²) in [5.74, 6) is -0.184. The fourth-order valence-electron chi connectivity index (χ4n) is 2.50. The summed E-state index contributed by atoms with van der Waals surface area (Å²) < 4.78 is 0. The summed E-state index contributed by atoms with van der Waals surface area (Å²) in [4.78, 5) is 26.1. The summed E-state index contributed by atoms with van der Waals surface area (Å²) in [7, 11) is 3.85. The fraction of sp³-hybridized carbons (Fsp3) is 0.167. The highest BCUT2D eigenvalue weighted by atomic mass is 16.1. The van der Waals surface area contributed by atoms with Crippen molar-refractivity contribution in [3.8, 4) is 0 Å². The summed E-state index contributed by atoms with van der Waals surface area (Å²) >= 11 is 0. The van der Waals surface area contributed by atoms with Gasteiger partial charge in [-0.1, -0.05) is 24.3 Å². The molecular weight excluding hydrogens is 304 g/mol. The summed E-state index contributed by atoms with van der Waals surface area (Å²) in [6.07, 6.45) is 0. The molecule has 0 fully saturated rings. The molecule has 0 spiro atoms. The lowest BCUT2D eigenvalue weighted by Gasteiger charge is -2.13. The molecule has 1 aromatic heterocycles. The lowest BCUT2D eigenvalue weighted by Crippen LogP contribution is -2.25. The van der Waals surface area contributed by atoms with Crippen LogP contribution in [0.3, 0.4) is 0 Å². The van der Waals surface area contributed by atoms with Crippen LogP contribution in [-0.4, -0.2) is 30.2 Å². The van der Waals surface area contributed by atoms with Crippen molar-refractivity contribution in [1.82, 2.24) is 15.5 Å². The number of rotatable bonds is 4. The number of aromatic nitrogens is 2. The van der Waals surface area contributed by atoms with Crippen molar-refractivity contribution in [2.45, 2.75) is 6.54 Å². The maximum atomic E-state index is 12.4. The van der Waals surface area contributed by atoms with Gasteiger partial charge in [0.2, 0.25) is 0 Å². The van der Waals surface area contributed by atoms with Gasteiger partial charge in [-0.2, -0.15) is 5.10 Å². The van der Waals surface area contributed by atoms with Gasteiger partial charge in [0.1, 0.15) is 0 Å². The second kappa shape index (κ2) is 6.54. The molecule has 0 atom stereocenters. The van der Waals surface area contributed by atoms with Gasteiger partial charge < -0.3 is 10.2 Å². The van der Waals surface area contributed by atoms with Crippen molar-refractivity contribution in [2.75, 3.05) is 19.0 Å². The average molecular weight is 322 g/mol. The number of amides is 1. The zero-order valence-corrected chi connectivity index (χ0v) is 13.5. The third-order valence-electron chi connectivity index (χ3n) is 3.82. The summed E-state index contributed by atoms with van der Waals surface area (Å²) in [5.41, 5.74) is 1.92. The predicted molar refractivity (Wildman–Crippen MR) is 94.3 cm³/mol. The highest BCUT2D eigenvalue weighted by Crippen LogP contribution is 2.14. The zero-order valence-electron chi connectivity index (χ0n) is 13.5. The summed E-state index contributed by atoms with van der Waals surface area (Å²) in [6, 6.07) is 14.6. The van der Waals surface area contributed by atoms with Gasteiger partial charge in [-0.25, -0.2) is 5.10 Å². The van der Waals surface area contributed by atoms with Crippen molar-refractivity contribution in [1.29, 1.82) is 0 Å². The van der Waals surface area contributed by atoms with E-state index in [1.165, 1.54) is 0 Å². The second-order valence-corrected chi connectivity index (χ2v) is 5.67. The Morgan fingerprint density at radius 1 is 1.12 bits per heavy atom. The van der Waals surface area contributed by atoms with Crippen LogP contribution in [0.4, 0.5) is 5.69 Å². The van der Waals surface area contributed by atoms with E-state index in [2.05, 4.69) is 15.5 Å². The molecule has 122 valence electrons. The molecule has 0 aliphatic carbocycles. The molecule has 1 amide bonds. The second-order valence-electron chi connectivity index (χ2n) is 5.67. The number of fused-ring (bicyclic) bond motifs is 1. The SMILES string of the molecule is CN(C)c1cccc(C(=O)NCc2n[nH]c(=O)c3ccccc23)c1. The number of carbonyl (C=O) groups is 1. The minimum Gasteiger partial charge on any atom is -0.378 e. The van der Waals surface area contributed by atoms with E-state index >= 15 is 0 Å². The van der Waals surface area contributed by atoms with E-state index in [-0.39, 0.29) is 18.0 Å². The van der Waals surface area contributed by atoms with E-state index in [4.69, 9.17) is 0 Å². The van der Waals surface area contributed by atoms with Crippen LogP contribution in [-0.2, 0) is 6.54 Å². The van der Waals surface area contributed by atoms with Crippen molar-refractivity contribution < 1.29 is 4.79 Å². The number of anilines is 1. The van der Waals surface area contributed by atoms with Gasteiger partial charge in [0, 0.05) is 30.7 Å². The molecule has 0 aliphatic heterocycles. The monoisotopic (exact) mass is 322 g/mol. The van der Waals surface area contributed by atoms with Crippen LogP contribution in [0.1, 0.15) is 16.1 Å². The van der Waals surface area contributed by atoms with Gasteiger partial charge in [0.05, 0.1) is 17.6 Å². The summed E-state index contributed by atoms with van der Waals surface area (Å²) in [5, 5.41) is 10.7. The first-order chi connectivity index (χ1) is 11.6. The number of aromatic amines is 1. The van der Waals surface area contributed by atoms with Gasteiger partial charge in [0.15, 0.2) is 0 Å². The standard InChI is InChI=1S/C18H18N4O2/c1-22(2)13-7-5-6-12(10-13)17(23)19-11-16-14-8-3-4-9-15(14)18(24)21-20-16/h3-10H,11H2,1-2H3,(H,19,23)(H,21,24). The third kappa shape index (κ3) is 3.12. The molecule has 6 nitrogen and oxygen atoms in total. The van der Waals surface area contributed by atoms with Crippen LogP contribution in [0, 0.1) is 0 Å². The minimum absolute atomic E-state index is 0.184. The van der Waals surface area contributed by atoms with Gasteiger partial charge in [0.25, 0.3) is 11.5 Å². The molecule has 3 aromatic rings. The lowest BCUT2D eigenvalue weighted by atomic mass is 10.1. The van der Waals surface area contributed by atoms with E-state index in [1.807, 2.05) is 49.3 Å². The van der Waals surface area contributed by atoms with E-state index in [9.17, 15) is 9.59 Å². The van der Waals surface area contributed by atoms with Crippen LogP contribution in [0.2, 0.25) is 0 Å². The smallest absolute Gasteiger partial charge is 0.272 e. The van der Waals surface area contributed by atoms with E-state index in [0.29, 0.717) is 16.6 Å². The number of benzene rings is 2. The largest absolute Gasteiger partial charge is 0.378 e. The molecule has 24 heavy (non-hydrogen) atoms. The first-order valence-electron chi connectivity index (χ1n) is 7.58. The van der Waals surface area contributed by atoms with Crippen molar-refractivity contribution >= 4 is 22.4 Å². The average Bonchev–Trinajstić information content (AvgIpc) is 2.61. The van der Waals surface area contributed by atoms with Crippen molar-refractivity contribution in [3.05, 3.63) is 70.1 Å². The Kier molecular flexibility index (Phi) is 4.29. The maximum Gasteiger partial charge on any atom is 0.272 e. The van der Waals surface area contributed by atoms with E-state index in [0.717, 1.165) is 11.1 Å². The molecule has 0 saturated heterocycles. The molecule has 0 bridgehead atoms. The number of nitrogens with zero attached hydrogens (tertiary/aromatic N) is 2. The predicted octanol–water partition coefficient (Wildman–Crippen LogP) is 1.92. The molecule has 6 heteroatoms. The molecule has 3 rings (SSSR count). The summed E-state index contributed by atoms with van der Waals surface area (Å²) in [6.45, 7) is 0.238. The Labute approximate surface area is 139 Å². The Morgan fingerprint density at radius 3 is 2.62 bits per heavy atom. The molecule has 0 aliphatic rings. The zero-order chi connectivity index (χ0) is 17.1.